The minimum absolute atomic E-state index is 0.0227. The number of halogens is 3. The van der Waals surface area contributed by atoms with E-state index in [4.69, 9.17) is 22.1 Å². The summed E-state index contributed by atoms with van der Waals surface area (Å²) in [6.45, 7) is 8.22. The van der Waals surface area contributed by atoms with Crippen molar-refractivity contribution in [2.24, 2.45) is 5.73 Å². The molecule has 0 spiro atoms. The van der Waals surface area contributed by atoms with Crippen molar-refractivity contribution in [2.75, 3.05) is 0 Å². The second-order valence-electron chi connectivity index (χ2n) is 9.50. The highest BCUT2D eigenvalue weighted by atomic mass is 35.5. The van der Waals surface area contributed by atoms with E-state index in [0.29, 0.717) is 34.4 Å². The van der Waals surface area contributed by atoms with Crippen LogP contribution in [0.2, 0.25) is 5.02 Å². The lowest BCUT2D eigenvalue weighted by molar-refractivity contribution is -0.122. The summed E-state index contributed by atoms with van der Waals surface area (Å²) in [4.78, 5) is 42.2. The van der Waals surface area contributed by atoms with Gasteiger partial charge in [0.15, 0.2) is 5.82 Å². The second-order valence-corrected chi connectivity index (χ2v) is 9.87. The number of nitrogens with two attached hydrogens (primary N) is 1. The van der Waals surface area contributed by atoms with Gasteiger partial charge in [-0.2, -0.15) is 0 Å². The fourth-order valence-electron chi connectivity index (χ4n) is 3.84. The van der Waals surface area contributed by atoms with Gasteiger partial charge in [-0.05, 0) is 52.3 Å². The van der Waals surface area contributed by atoms with Crippen LogP contribution in [0, 0.1) is 25.5 Å². The van der Waals surface area contributed by atoms with Crippen LogP contribution < -0.4 is 16.0 Å². The fourth-order valence-corrected chi connectivity index (χ4v) is 4.03. The number of rotatable bonds is 7. The lowest BCUT2D eigenvalue weighted by Crippen LogP contribution is -2.37. The van der Waals surface area contributed by atoms with E-state index in [1.54, 1.807) is 52.1 Å². The number of nitrogens with zero attached hydrogens (tertiary/aromatic N) is 5. The molecule has 2 N–H and O–H groups in total. The van der Waals surface area contributed by atoms with E-state index in [1.165, 1.54) is 17.7 Å². The molecule has 1 amide bonds. The molecule has 0 aromatic carbocycles. The topological polar surface area (TPSA) is 126 Å². The fraction of sp³-hybridized carbons (Fsp3) is 0.259. The van der Waals surface area contributed by atoms with Crippen LogP contribution in [0.3, 0.4) is 0 Å². The molecule has 4 heterocycles. The first-order valence-corrected chi connectivity index (χ1v) is 12.2. The maximum Gasteiger partial charge on any atom is 0.277 e. The second kappa shape index (κ2) is 10.5. The van der Waals surface area contributed by atoms with Gasteiger partial charge in [-0.25, -0.2) is 18.7 Å². The molecule has 202 valence electrons. The molecule has 0 aliphatic heterocycles. The summed E-state index contributed by atoms with van der Waals surface area (Å²) < 4.78 is 34.6. The Morgan fingerprint density at radius 3 is 2.49 bits per heavy atom. The van der Waals surface area contributed by atoms with Gasteiger partial charge in [-0.3, -0.25) is 24.1 Å². The van der Waals surface area contributed by atoms with Gasteiger partial charge in [0.1, 0.15) is 39.6 Å². The van der Waals surface area contributed by atoms with Crippen LogP contribution in [-0.4, -0.2) is 30.4 Å². The first-order valence-electron chi connectivity index (χ1n) is 11.8. The Morgan fingerprint density at radius 2 is 1.82 bits per heavy atom. The van der Waals surface area contributed by atoms with Crippen LogP contribution in [0.4, 0.5) is 8.78 Å². The molecule has 4 aromatic rings. The van der Waals surface area contributed by atoms with Crippen LogP contribution in [0.25, 0.3) is 17.1 Å². The van der Waals surface area contributed by atoms with E-state index in [2.05, 4.69) is 19.9 Å². The molecule has 0 unspecified atom stereocenters. The predicted molar refractivity (Wildman–Crippen MR) is 141 cm³/mol. The summed E-state index contributed by atoms with van der Waals surface area (Å²) in [5.41, 5.74) is 6.18. The summed E-state index contributed by atoms with van der Waals surface area (Å²) in [7, 11) is 0. The molecule has 0 aliphatic carbocycles. The third kappa shape index (κ3) is 5.35. The van der Waals surface area contributed by atoms with Crippen LogP contribution in [0.15, 0.2) is 47.7 Å². The molecule has 0 fully saturated rings. The zero-order valence-electron chi connectivity index (χ0n) is 21.8. The standard InChI is InChI=1S/C27H25ClF2N6O3/c1-13-11-33-19(18-6-7-32-26(35-18)27(4,5)25(31)38)10-20(13)36-14(2)8-21(22(28)24(36)37)39-15(3)23-17(30)9-16(29)12-34-23/h6-12,15H,1-5H3,(H2,31,38)/t15-/m1/s1. The number of hydrogen-bond donors (Lipinski definition) is 1. The number of amides is 1. The molecule has 0 radical (unpaired) electrons. The normalized spacial score (nSPS) is 12.3. The summed E-state index contributed by atoms with van der Waals surface area (Å²) in [6, 6.07) is 5.54. The largest absolute Gasteiger partial charge is 0.482 e. The molecule has 12 heteroatoms. The summed E-state index contributed by atoms with van der Waals surface area (Å²) in [5, 5.41) is -0.236. The monoisotopic (exact) mass is 554 g/mol. The van der Waals surface area contributed by atoms with Gasteiger partial charge < -0.3 is 10.5 Å². The Bertz CT molecular complexity index is 1660. The van der Waals surface area contributed by atoms with Gasteiger partial charge in [-0.1, -0.05) is 11.6 Å². The van der Waals surface area contributed by atoms with Crippen molar-refractivity contribution in [1.29, 1.82) is 0 Å². The molecule has 4 aromatic heterocycles. The van der Waals surface area contributed by atoms with Crippen molar-refractivity contribution in [3.8, 4) is 22.8 Å². The van der Waals surface area contributed by atoms with E-state index in [1.807, 2.05) is 0 Å². The van der Waals surface area contributed by atoms with Crippen LogP contribution in [-0.2, 0) is 10.2 Å². The number of hydrogen-bond acceptors (Lipinski definition) is 7. The number of aromatic nitrogens is 5. The SMILES string of the molecule is Cc1cnc(-c2ccnc(C(C)(C)C(N)=O)n2)cc1-n1c(C)cc(O[C@H](C)c2ncc(F)cc2F)c(Cl)c1=O. The maximum absolute atomic E-state index is 14.2. The Hall–Kier alpha value is -4.25. The van der Waals surface area contributed by atoms with Crippen molar-refractivity contribution >= 4 is 17.5 Å². The Morgan fingerprint density at radius 1 is 1.10 bits per heavy atom. The van der Waals surface area contributed by atoms with Gasteiger partial charge in [0.05, 0.1) is 23.3 Å². The maximum atomic E-state index is 14.2. The van der Waals surface area contributed by atoms with E-state index >= 15 is 0 Å². The zero-order chi connectivity index (χ0) is 28.6. The molecule has 0 saturated heterocycles. The number of aryl methyl sites for hydroxylation is 2. The number of primary amides is 1. The molecule has 9 nitrogen and oxygen atoms in total. The lowest BCUT2D eigenvalue weighted by Gasteiger charge is -2.20. The molecular formula is C27H25ClF2N6O3. The van der Waals surface area contributed by atoms with Gasteiger partial charge in [-0.15, -0.1) is 0 Å². The molecule has 1 atom stereocenters. The first kappa shape index (κ1) is 27.8. The minimum Gasteiger partial charge on any atom is -0.482 e. The third-order valence-electron chi connectivity index (χ3n) is 6.23. The number of pyridine rings is 3. The zero-order valence-corrected chi connectivity index (χ0v) is 22.5. The molecule has 39 heavy (non-hydrogen) atoms. The van der Waals surface area contributed by atoms with Crippen molar-refractivity contribution in [2.45, 2.75) is 46.1 Å². The smallest absolute Gasteiger partial charge is 0.277 e. The highest BCUT2D eigenvalue weighted by Crippen LogP contribution is 2.30. The average Bonchev–Trinajstić information content (AvgIpc) is 2.88. The summed E-state index contributed by atoms with van der Waals surface area (Å²) in [5.74, 6) is -2.02. The van der Waals surface area contributed by atoms with E-state index in [9.17, 15) is 18.4 Å². The van der Waals surface area contributed by atoms with Crippen molar-refractivity contribution < 1.29 is 18.3 Å². The minimum atomic E-state index is -1.11. The number of carbonyl (C=O) groups is 1. The van der Waals surface area contributed by atoms with Gasteiger partial charge in [0.2, 0.25) is 5.91 Å². The lowest BCUT2D eigenvalue weighted by atomic mass is 9.91. The Balaban J connectivity index is 1.75. The third-order valence-corrected chi connectivity index (χ3v) is 6.58. The Kier molecular flexibility index (Phi) is 7.47. The number of ether oxygens (including phenoxy) is 1. The highest BCUT2D eigenvalue weighted by Gasteiger charge is 2.31. The quantitative estimate of drug-likeness (QED) is 0.355. The van der Waals surface area contributed by atoms with Crippen molar-refractivity contribution in [1.82, 2.24) is 24.5 Å². The van der Waals surface area contributed by atoms with E-state index in [-0.39, 0.29) is 22.3 Å². The molecule has 4 rings (SSSR count). The van der Waals surface area contributed by atoms with Crippen LogP contribution >= 0.6 is 11.6 Å². The van der Waals surface area contributed by atoms with E-state index in [0.717, 1.165) is 6.20 Å². The molecule has 0 saturated carbocycles. The van der Waals surface area contributed by atoms with Gasteiger partial charge in [0, 0.05) is 30.2 Å². The van der Waals surface area contributed by atoms with Crippen molar-refractivity contribution in [3.05, 3.63) is 92.6 Å². The van der Waals surface area contributed by atoms with Crippen LogP contribution in [0.1, 0.15) is 49.7 Å². The predicted octanol–water partition coefficient (Wildman–Crippen LogP) is 4.54. The van der Waals surface area contributed by atoms with Gasteiger partial charge >= 0.3 is 0 Å². The first-order chi connectivity index (χ1) is 18.3. The van der Waals surface area contributed by atoms with Crippen molar-refractivity contribution in [3.63, 3.8) is 0 Å². The molecule has 0 aliphatic rings. The van der Waals surface area contributed by atoms with E-state index < -0.39 is 34.6 Å². The summed E-state index contributed by atoms with van der Waals surface area (Å²) >= 11 is 6.41. The summed E-state index contributed by atoms with van der Waals surface area (Å²) in [6.07, 6.45) is 3.01. The Labute approximate surface area is 227 Å². The number of carbonyl (C=O) groups excluding carboxylic acids is 1. The molecule has 0 bridgehead atoms. The highest BCUT2D eigenvalue weighted by molar-refractivity contribution is 6.31. The van der Waals surface area contributed by atoms with Gasteiger partial charge in [0.25, 0.3) is 5.56 Å². The van der Waals surface area contributed by atoms with Crippen LogP contribution in [0.5, 0.6) is 5.75 Å². The average molecular weight is 555 g/mol. The molecular weight excluding hydrogens is 530 g/mol.